The molecular formula is C19H18FN3O2. The maximum atomic E-state index is 13.5. The molecule has 0 fully saturated rings. The van der Waals surface area contributed by atoms with Gasteiger partial charge in [-0.05, 0) is 23.8 Å². The number of benzene rings is 2. The summed E-state index contributed by atoms with van der Waals surface area (Å²) in [5, 5.41) is 11.7. The predicted octanol–water partition coefficient (Wildman–Crippen LogP) is 2.95. The molecule has 5 nitrogen and oxygen atoms in total. The smallest absolute Gasteiger partial charge is 0.230 e. The summed E-state index contributed by atoms with van der Waals surface area (Å²) in [7, 11) is 0. The zero-order valence-electron chi connectivity index (χ0n) is 13.8. The van der Waals surface area contributed by atoms with Crippen LogP contribution in [0.3, 0.4) is 0 Å². The van der Waals surface area contributed by atoms with Gasteiger partial charge in [-0.2, -0.15) is 5.26 Å². The van der Waals surface area contributed by atoms with Crippen molar-refractivity contribution in [3.63, 3.8) is 0 Å². The second-order valence-electron chi connectivity index (χ2n) is 5.49. The van der Waals surface area contributed by atoms with Gasteiger partial charge < -0.3 is 5.32 Å². The van der Waals surface area contributed by atoms with Crippen LogP contribution in [0.2, 0.25) is 0 Å². The zero-order chi connectivity index (χ0) is 18.2. The minimum Gasteiger partial charge on any atom is -0.349 e. The molecule has 2 rings (SSSR count). The van der Waals surface area contributed by atoms with Crippen LogP contribution in [0.5, 0.6) is 0 Å². The molecule has 0 aliphatic rings. The Morgan fingerprint density at radius 3 is 2.52 bits per heavy atom. The van der Waals surface area contributed by atoms with Gasteiger partial charge in [0.15, 0.2) is 0 Å². The largest absolute Gasteiger partial charge is 0.349 e. The first-order valence-electron chi connectivity index (χ1n) is 7.76. The van der Waals surface area contributed by atoms with Crippen molar-refractivity contribution in [3.8, 4) is 6.07 Å². The molecule has 0 aliphatic carbocycles. The van der Waals surface area contributed by atoms with E-state index in [2.05, 4.69) is 5.32 Å². The van der Waals surface area contributed by atoms with Crippen molar-refractivity contribution in [3.05, 3.63) is 66.0 Å². The second-order valence-corrected chi connectivity index (χ2v) is 5.49. The molecule has 0 unspecified atom stereocenters. The molecule has 2 aromatic rings. The average Bonchev–Trinajstić information content (AvgIpc) is 2.59. The summed E-state index contributed by atoms with van der Waals surface area (Å²) in [5.41, 5.74) is 1.09. The summed E-state index contributed by atoms with van der Waals surface area (Å²) in [6, 6.07) is 16.0. The quantitative estimate of drug-likeness (QED) is 0.822. The first-order chi connectivity index (χ1) is 12.0. The average molecular weight is 339 g/mol. The van der Waals surface area contributed by atoms with Gasteiger partial charge in [0.2, 0.25) is 11.8 Å². The fourth-order valence-electron chi connectivity index (χ4n) is 2.51. The molecule has 0 aromatic heterocycles. The lowest BCUT2D eigenvalue weighted by Gasteiger charge is -2.24. The van der Waals surface area contributed by atoms with E-state index in [4.69, 9.17) is 5.26 Å². The number of nitrogens with zero attached hydrogens (tertiary/aromatic N) is 2. The van der Waals surface area contributed by atoms with Crippen molar-refractivity contribution in [2.45, 2.75) is 19.4 Å². The van der Waals surface area contributed by atoms with Crippen LogP contribution >= 0.6 is 0 Å². The van der Waals surface area contributed by atoms with Crippen molar-refractivity contribution >= 4 is 17.5 Å². The molecule has 0 spiro atoms. The van der Waals surface area contributed by atoms with Gasteiger partial charge in [0.1, 0.15) is 12.4 Å². The number of nitriles is 1. The number of hydrogen-bond donors (Lipinski definition) is 1. The number of hydrogen-bond acceptors (Lipinski definition) is 3. The summed E-state index contributed by atoms with van der Waals surface area (Å²) < 4.78 is 13.5. The fraction of sp³-hybridized carbons (Fsp3) is 0.211. The summed E-state index contributed by atoms with van der Waals surface area (Å²) >= 11 is 0. The Morgan fingerprint density at radius 2 is 1.92 bits per heavy atom. The van der Waals surface area contributed by atoms with Crippen molar-refractivity contribution in [2.75, 3.05) is 11.4 Å². The van der Waals surface area contributed by atoms with E-state index in [0.717, 1.165) is 5.56 Å². The molecule has 0 saturated heterocycles. The maximum absolute atomic E-state index is 13.5. The number of carbonyl (C=O) groups is 2. The van der Waals surface area contributed by atoms with Crippen molar-refractivity contribution in [2.24, 2.45) is 0 Å². The summed E-state index contributed by atoms with van der Waals surface area (Å²) in [5.74, 6) is -1.14. The molecule has 0 aliphatic heterocycles. The topological polar surface area (TPSA) is 73.2 Å². The molecule has 0 radical (unpaired) electrons. The molecule has 25 heavy (non-hydrogen) atoms. The molecular weight excluding hydrogens is 321 g/mol. The molecule has 0 bridgehead atoms. The van der Waals surface area contributed by atoms with E-state index in [-0.39, 0.29) is 24.8 Å². The molecule has 0 saturated carbocycles. The van der Waals surface area contributed by atoms with Crippen LogP contribution in [0.25, 0.3) is 0 Å². The number of anilines is 1. The second kappa shape index (κ2) is 8.60. The third-order valence-corrected chi connectivity index (χ3v) is 3.61. The first-order valence-corrected chi connectivity index (χ1v) is 7.76. The van der Waals surface area contributed by atoms with E-state index < -0.39 is 11.9 Å². The number of rotatable bonds is 6. The van der Waals surface area contributed by atoms with Gasteiger partial charge in [-0.15, -0.1) is 0 Å². The Morgan fingerprint density at radius 1 is 1.20 bits per heavy atom. The van der Waals surface area contributed by atoms with E-state index in [1.807, 2.05) is 36.4 Å². The lowest BCUT2D eigenvalue weighted by atomic mass is 10.0. The monoisotopic (exact) mass is 339 g/mol. The molecule has 0 heterocycles. The molecule has 1 atom stereocenters. The van der Waals surface area contributed by atoms with Gasteiger partial charge in [0, 0.05) is 12.6 Å². The van der Waals surface area contributed by atoms with Crippen LogP contribution in [-0.4, -0.2) is 18.4 Å². The van der Waals surface area contributed by atoms with Gasteiger partial charge in [-0.25, -0.2) is 4.39 Å². The van der Waals surface area contributed by atoms with Crippen molar-refractivity contribution in [1.82, 2.24) is 5.32 Å². The van der Waals surface area contributed by atoms with Gasteiger partial charge in [0.25, 0.3) is 0 Å². The maximum Gasteiger partial charge on any atom is 0.230 e. The zero-order valence-corrected chi connectivity index (χ0v) is 13.8. The Kier molecular flexibility index (Phi) is 6.24. The number of halogens is 1. The van der Waals surface area contributed by atoms with Crippen LogP contribution in [-0.2, 0) is 9.59 Å². The van der Waals surface area contributed by atoms with Gasteiger partial charge in [-0.3, -0.25) is 14.5 Å². The van der Waals surface area contributed by atoms with Crippen molar-refractivity contribution < 1.29 is 14.0 Å². The van der Waals surface area contributed by atoms with E-state index in [1.54, 1.807) is 6.07 Å². The highest BCUT2D eigenvalue weighted by molar-refractivity contribution is 5.94. The van der Waals surface area contributed by atoms with Gasteiger partial charge >= 0.3 is 0 Å². The van der Waals surface area contributed by atoms with E-state index in [9.17, 15) is 14.0 Å². The third kappa shape index (κ3) is 5.15. The normalized spacial score (nSPS) is 11.2. The number of carbonyl (C=O) groups excluding carboxylic acids is 2. The van der Waals surface area contributed by atoms with E-state index >= 15 is 0 Å². The first kappa shape index (κ1) is 18.1. The Bertz CT molecular complexity index is 787. The SMILES string of the molecule is CC(=O)N[C@H](CC(=O)N(CC#N)c1cccc(F)c1)c1ccccc1. The predicted molar refractivity (Wildman–Crippen MR) is 92.0 cm³/mol. The molecule has 2 amide bonds. The highest BCUT2D eigenvalue weighted by atomic mass is 19.1. The summed E-state index contributed by atoms with van der Waals surface area (Å²) in [4.78, 5) is 25.4. The highest BCUT2D eigenvalue weighted by Gasteiger charge is 2.22. The fourth-order valence-corrected chi connectivity index (χ4v) is 2.51. The minimum atomic E-state index is -0.527. The van der Waals surface area contributed by atoms with Crippen LogP contribution in [0.15, 0.2) is 54.6 Å². The van der Waals surface area contributed by atoms with E-state index in [0.29, 0.717) is 5.69 Å². The van der Waals surface area contributed by atoms with E-state index in [1.165, 1.54) is 30.0 Å². The highest BCUT2D eigenvalue weighted by Crippen LogP contribution is 2.21. The van der Waals surface area contributed by atoms with Crippen LogP contribution in [0.4, 0.5) is 10.1 Å². The Hall–Kier alpha value is -3.20. The molecule has 2 aromatic carbocycles. The Balaban J connectivity index is 2.25. The van der Waals surface area contributed by atoms with Gasteiger partial charge in [0.05, 0.1) is 18.5 Å². The van der Waals surface area contributed by atoms with Crippen LogP contribution in [0, 0.1) is 17.1 Å². The number of amides is 2. The molecule has 6 heteroatoms. The van der Waals surface area contributed by atoms with Crippen LogP contribution < -0.4 is 10.2 Å². The lowest BCUT2D eigenvalue weighted by molar-refractivity contribution is -0.121. The summed E-state index contributed by atoms with van der Waals surface area (Å²) in [6.45, 7) is 1.17. The van der Waals surface area contributed by atoms with Gasteiger partial charge in [-0.1, -0.05) is 36.4 Å². The minimum absolute atomic E-state index is 0.0399. The Labute approximate surface area is 145 Å². The lowest BCUT2D eigenvalue weighted by Crippen LogP contribution is -2.36. The van der Waals surface area contributed by atoms with Crippen molar-refractivity contribution in [1.29, 1.82) is 5.26 Å². The third-order valence-electron chi connectivity index (χ3n) is 3.61. The standard InChI is InChI=1S/C19H18FN3O2/c1-14(24)22-18(15-6-3-2-4-7-15)13-19(25)23(11-10-21)17-9-5-8-16(20)12-17/h2-9,12,18H,11,13H2,1H3,(H,22,24)/t18-/m1/s1. The molecule has 1 N–H and O–H groups in total. The van der Waals surface area contributed by atoms with Crippen LogP contribution in [0.1, 0.15) is 24.9 Å². The number of nitrogens with one attached hydrogen (secondary N) is 1. The molecule has 128 valence electrons. The summed E-state index contributed by atoms with van der Waals surface area (Å²) in [6.07, 6.45) is -0.0399.